The zero-order valence-electron chi connectivity index (χ0n) is 20.7. The van der Waals surface area contributed by atoms with E-state index < -0.39 is 47.6 Å². The molecule has 0 saturated heterocycles. The van der Waals surface area contributed by atoms with Gasteiger partial charge in [0.05, 0.1) is 30.5 Å². The summed E-state index contributed by atoms with van der Waals surface area (Å²) in [5, 5.41) is 10.00. The minimum absolute atomic E-state index is 0.00888. The van der Waals surface area contributed by atoms with E-state index in [0.29, 0.717) is 0 Å². The number of rotatable bonds is 5. The number of methoxy groups -OCH3 is 1. The Labute approximate surface area is 210 Å². The molecule has 0 unspecified atom stereocenters. The molecule has 2 heterocycles. The molecular weight excluding hydrogens is 493 g/mol. The third-order valence-corrected chi connectivity index (χ3v) is 5.91. The van der Waals surface area contributed by atoms with Crippen molar-refractivity contribution in [3.8, 4) is 5.75 Å². The Hall–Kier alpha value is -3.73. The fourth-order valence-corrected chi connectivity index (χ4v) is 4.41. The van der Waals surface area contributed by atoms with Crippen LogP contribution in [0.2, 0.25) is 0 Å². The minimum atomic E-state index is -4.93. The summed E-state index contributed by atoms with van der Waals surface area (Å²) in [6.45, 7) is 4.50. The highest BCUT2D eigenvalue weighted by atomic mass is 19.4. The van der Waals surface area contributed by atoms with Gasteiger partial charge in [0.1, 0.15) is 23.7 Å². The number of hydrogen-bond donors (Lipinski definition) is 2. The molecule has 0 aliphatic carbocycles. The number of nitrogens with one attached hydrogen (secondary N) is 1. The predicted octanol–water partition coefficient (Wildman–Crippen LogP) is 5.38. The summed E-state index contributed by atoms with van der Waals surface area (Å²) in [5.41, 5.74) is -1.85. The van der Waals surface area contributed by atoms with E-state index in [1.165, 1.54) is 11.0 Å². The number of aromatic amines is 1. The zero-order valence-corrected chi connectivity index (χ0v) is 20.7. The van der Waals surface area contributed by atoms with Crippen molar-refractivity contribution in [2.24, 2.45) is 0 Å². The summed E-state index contributed by atoms with van der Waals surface area (Å²) in [6, 6.07) is 10.4. The third-order valence-electron chi connectivity index (χ3n) is 5.91. The van der Waals surface area contributed by atoms with Gasteiger partial charge in [-0.2, -0.15) is 13.2 Å². The molecule has 198 valence electrons. The molecule has 2 N–H and O–H groups in total. The molecule has 1 aliphatic heterocycles. The maximum absolute atomic E-state index is 14.1. The van der Waals surface area contributed by atoms with Gasteiger partial charge in [0.2, 0.25) is 0 Å². The maximum Gasteiger partial charge on any atom is 0.432 e. The van der Waals surface area contributed by atoms with Gasteiger partial charge in [0, 0.05) is 23.9 Å². The number of ether oxygens (including phenoxy) is 3. The number of benzene rings is 2. The number of aliphatic hydroxyl groups excluding tert-OH is 1. The lowest BCUT2D eigenvalue weighted by Gasteiger charge is -2.25. The van der Waals surface area contributed by atoms with Crippen molar-refractivity contribution in [2.45, 2.75) is 45.1 Å². The summed E-state index contributed by atoms with van der Waals surface area (Å²) in [6.07, 6.45) is -5.67. The standard InChI is InChI=1S/C26H27F3N2O6/c1-25(2,3)37-24(34)31-11-15(12-32)18-16(31)10-17(36-13-14-8-6-5-7-9-14)21-19(18)20(23(33)35-4)22(30-21)26(27,28)29/h5-10,15,30,32H,11-13H2,1-4H3/t15-/m0/s1. The van der Waals surface area contributed by atoms with E-state index in [-0.39, 0.29) is 41.1 Å². The molecule has 1 amide bonds. The molecule has 0 saturated carbocycles. The van der Waals surface area contributed by atoms with Gasteiger partial charge in [-0.25, -0.2) is 9.59 Å². The molecule has 2 aromatic carbocycles. The van der Waals surface area contributed by atoms with Crippen LogP contribution in [0, 0.1) is 0 Å². The van der Waals surface area contributed by atoms with E-state index >= 15 is 0 Å². The fourth-order valence-electron chi connectivity index (χ4n) is 4.41. The number of carbonyl (C=O) groups is 2. The molecule has 4 rings (SSSR count). The van der Waals surface area contributed by atoms with Crippen LogP contribution in [0.15, 0.2) is 36.4 Å². The second-order valence-corrected chi connectivity index (χ2v) is 9.67. The predicted molar refractivity (Wildman–Crippen MR) is 129 cm³/mol. The molecular formula is C26H27F3N2O6. The SMILES string of the molecule is COC(=O)c1c(C(F)(F)F)[nH]c2c(OCc3ccccc3)cc3c(c12)[C@H](CO)CN3C(=O)OC(C)(C)C. The molecule has 1 aromatic heterocycles. The monoisotopic (exact) mass is 520 g/mol. The van der Waals surface area contributed by atoms with Gasteiger partial charge in [0.15, 0.2) is 0 Å². The smallest absolute Gasteiger partial charge is 0.432 e. The van der Waals surface area contributed by atoms with Crippen LogP contribution in [0.4, 0.5) is 23.7 Å². The molecule has 1 aliphatic rings. The quantitative estimate of drug-likeness (QED) is 0.438. The average molecular weight is 521 g/mol. The van der Waals surface area contributed by atoms with E-state index in [1.54, 1.807) is 45.0 Å². The normalized spacial score (nSPS) is 15.6. The average Bonchev–Trinajstić information content (AvgIpc) is 3.40. The second-order valence-electron chi connectivity index (χ2n) is 9.67. The first-order valence-electron chi connectivity index (χ1n) is 11.5. The van der Waals surface area contributed by atoms with Crippen LogP contribution < -0.4 is 9.64 Å². The number of halogens is 3. The van der Waals surface area contributed by atoms with Crippen LogP contribution in [-0.2, 0) is 22.3 Å². The van der Waals surface area contributed by atoms with E-state index in [1.807, 2.05) is 6.07 Å². The number of carbonyl (C=O) groups excluding carboxylic acids is 2. The molecule has 3 aromatic rings. The van der Waals surface area contributed by atoms with Crippen LogP contribution in [0.25, 0.3) is 10.9 Å². The number of aliphatic hydroxyl groups is 1. The number of H-pyrrole nitrogens is 1. The van der Waals surface area contributed by atoms with Gasteiger partial charge < -0.3 is 24.3 Å². The zero-order chi connectivity index (χ0) is 27.1. The van der Waals surface area contributed by atoms with Crippen LogP contribution in [0.3, 0.4) is 0 Å². The number of aromatic nitrogens is 1. The van der Waals surface area contributed by atoms with Gasteiger partial charge in [-0.05, 0) is 31.9 Å². The summed E-state index contributed by atoms with van der Waals surface area (Å²) in [7, 11) is 0.980. The molecule has 37 heavy (non-hydrogen) atoms. The number of amides is 1. The van der Waals surface area contributed by atoms with Crippen LogP contribution in [-0.4, -0.2) is 48.0 Å². The van der Waals surface area contributed by atoms with Crippen molar-refractivity contribution in [1.29, 1.82) is 0 Å². The van der Waals surface area contributed by atoms with E-state index in [0.717, 1.165) is 12.7 Å². The molecule has 1 atom stereocenters. The molecule has 0 spiro atoms. The lowest BCUT2D eigenvalue weighted by molar-refractivity contribution is -0.141. The first kappa shape index (κ1) is 26.3. The Balaban J connectivity index is 1.99. The highest BCUT2D eigenvalue weighted by Crippen LogP contribution is 2.49. The summed E-state index contributed by atoms with van der Waals surface area (Å²) >= 11 is 0. The van der Waals surface area contributed by atoms with Crippen molar-refractivity contribution >= 4 is 28.7 Å². The molecule has 0 fully saturated rings. The number of alkyl halides is 3. The molecule has 0 radical (unpaired) electrons. The fraction of sp³-hybridized carbons (Fsp3) is 0.385. The van der Waals surface area contributed by atoms with E-state index in [9.17, 15) is 27.9 Å². The number of hydrogen-bond acceptors (Lipinski definition) is 6. The summed E-state index contributed by atoms with van der Waals surface area (Å²) < 4.78 is 58.4. The lowest BCUT2D eigenvalue weighted by atomic mass is 9.95. The van der Waals surface area contributed by atoms with Gasteiger partial charge in [0.25, 0.3) is 0 Å². The van der Waals surface area contributed by atoms with Crippen molar-refractivity contribution < 1.29 is 42.1 Å². The Bertz CT molecular complexity index is 1330. The lowest BCUT2D eigenvalue weighted by Crippen LogP contribution is -2.36. The van der Waals surface area contributed by atoms with Gasteiger partial charge in [-0.15, -0.1) is 0 Å². The molecule has 8 nitrogen and oxygen atoms in total. The molecule has 0 bridgehead atoms. The first-order valence-corrected chi connectivity index (χ1v) is 11.5. The first-order chi connectivity index (χ1) is 17.4. The molecule has 11 heteroatoms. The van der Waals surface area contributed by atoms with Crippen molar-refractivity contribution in [3.63, 3.8) is 0 Å². The van der Waals surface area contributed by atoms with Gasteiger partial charge in [-0.1, -0.05) is 30.3 Å². The van der Waals surface area contributed by atoms with E-state index in [2.05, 4.69) is 4.98 Å². The Morgan fingerprint density at radius 2 is 1.84 bits per heavy atom. The Kier molecular flexibility index (Phi) is 6.85. The van der Waals surface area contributed by atoms with E-state index in [4.69, 9.17) is 14.2 Å². The van der Waals surface area contributed by atoms with Crippen LogP contribution >= 0.6 is 0 Å². The summed E-state index contributed by atoms with van der Waals surface area (Å²) in [5.74, 6) is -2.01. The summed E-state index contributed by atoms with van der Waals surface area (Å²) in [4.78, 5) is 29.3. The van der Waals surface area contributed by atoms with Gasteiger partial charge in [-0.3, -0.25) is 4.90 Å². The Morgan fingerprint density at radius 1 is 1.16 bits per heavy atom. The number of nitrogens with zero attached hydrogens (tertiary/aromatic N) is 1. The number of anilines is 1. The Morgan fingerprint density at radius 3 is 2.41 bits per heavy atom. The van der Waals surface area contributed by atoms with Crippen LogP contribution in [0.5, 0.6) is 5.75 Å². The number of esters is 1. The third kappa shape index (κ3) is 5.08. The maximum atomic E-state index is 14.1. The van der Waals surface area contributed by atoms with Gasteiger partial charge >= 0.3 is 18.2 Å². The largest absolute Gasteiger partial charge is 0.487 e. The topological polar surface area (TPSA) is 101 Å². The minimum Gasteiger partial charge on any atom is -0.487 e. The second kappa shape index (κ2) is 9.62. The highest BCUT2D eigenvalue weighted by Gasteiger charge is 2.44. The van der Waals surface area contributed by atoms with Crippen LogP contribution in [0.1, 0.15) is 53.9 Å². The van der Waals surface area contributed by atoms with Crippen molar-refractivity contribution in [2.75, 3.05) is 25.2 Å². The van der Waals surface area contributed by atoms with Crippen molar-refractivity contribution in [3.05, 3.63) is 58.8 Å². The highest BCUT2D eigenvalue weighted by molar-refractivity contribution is 6.12. The van der Waals surface area contributed by atoms with Crippen molar-refractivity contribution in [1.82, 2.24) is 4.98 Å². The number of fused-ring (bicyclic) bond motifs is 3.